The molecule has 6 heteroatoms. The smallest absolute Gasteiger partial charge is 0.308 e. The summed E-state index contributed by atoms with van der Waals surface area (Å²) < 4.78 is 25.8. The Morgan fingerprint density at radius 2 is 2.07 bits per heavy atom. The van der Waals surface area contributed by atoms with Crippen LogP contribution < -0.4 is 0 Å². The fraction of sp³-hybridized carbons (Fsp3) is 0.333. The zero-order valence-corrected chi connectivity index (χ0v) is 7.74. The third-order valence-corrected chi connectivity index (χ3v) is 1.89. The van der Waals surface area contributed by atoms with Crippen molar-refractivity contribution < 1.29 is 18.8 Å². The number of hydrogen-bond donors (Lipinski definition) is 1. The zero-order valence-electron chi connectivity index (χ0n) is 7.74. The van der Waals surface area contributed by atoms with Crippen LogP contribution in [-0.2, 0) is 6.42 Å². The van der Waals surface area contributed by atoms with Gasteiger partial charge in [0.05, 0.1) is 4.92 Å². The summed E-state index contributed by atoms with van der Waals surface area (Å²) in [6.45, 7) is -0.104. The molecule has 4 nitrogen and oxygen atoms in total. The van der Waals surface area contributed by atoms with E-state index in [0.717, 1.165) is 12.1 Å². The summed E-state index contributed by atoms with van der Waals surface area (Å²) in [7, 11) is 0. The lowest BCUT2D eigenvalue weighted by Crippen LogP contribution is -1.99. The quantitative estimate of drug-likeness (QED) is 0.617. The number of nitrogens with zero attached hydrogens (tertiary/aromatic N) is 1. The van der Waals surface area contributed by atoms with Crippen LogP contribution in [0, 0.1) is 21.7 Å². The molecule has 0 spiro atoms. The molecule has 0 heterocycles. The number of hydrogen-bond acceptors (Lipinski definition) is 3. The van der Waals surface area contributed by atoms with E-state index in [1.54, 1.807) is 0 Å². The van der Waals surface area contributed by atoms with E-state index in [-0.39, 0.29) is 13.0 Å². The first-order chi connectivity index (χ1) is 7.06. The summed E-state index contributed by atoms with van der Waals surface area (Å²) in [5.74, 6) is -2.69. The van der Waals surface area contributed by atoms with Crippen LogP contribution in [0.3, 0.4) is 0 Å². The molecule has 1 aromatic rings. The number of halogens is 2. The van der Waals surface area contributed by atoms with E-state index in [1.165, 1.54) is 0 Å². The van der Waals surface area contributed by atoms with Gasteiger partial charge in [0.25, 0.3) is 0 Å². The molecule has 0 aliphatic rings. The molecule has 0 fully saturated rings. The van der Waals surface area contributed by atoms with E-state index in [2.05, 4.69) is 0 Å². The van der Waals surface area contributed by atoms with Crippen molar-refractivity contribution in [2.24, 2.45) is 0 Å². The molecule has 1 rings (SSSR count). The SMILES string of the molecule is O=[N+]([O-])c1cc(CCCO)cc(F)c1F. The largest absolute Gasteiger partial charge is 0.396 e. The van der Waals surface area contributed by atoms with E-state index < -0.39 is 22.2 Å². The average molecular weight is 217 g/mol. The third kappa shape index (κ3) is 2.69. The van der Waals surface area contributed by atoms with Crippen LogP contribution in [0.5, 0.6) is 0 Å². The predicted octanol–water partition coefficient (Wildman–Crippen LogP) is 1.80. The lowest BCUT2D eigenvalue weighted by molar-refractivity contribution is -0.387. The second-order valence-electron chi connectivity index (χ2n) is 3.00. The highest BCUT2D eigenvalue weighted by molar-refractivity contribution is 5.37. The Labute approximate surface area is 84.3 Å². The van der Waals surface area contributed by atoms with Gasteiger partial charge in [-0.3, -0.25) is 10.1 Å². The Balaban J connectivity index is 3.06. The summed E-state index contributed by atoms with van der Waals surface area (Å²) in [6, 6.07) is 1.88. The van der Waals surface area contributed by atoms with Gasteiger partial charge >= 0.3 is 5.69 Å². The van der Waals surface area contributed by atoms with Gasteiger partial charge in [0.2, 0.25) is 5.82 Å². The monoisotopic (exact) mass is 217 g/mol. The van der Waals surface area contributed by atoms with Crippen molar-refractivity contribution >= 4 is 5.69 Å². The highest BCUT2D eigenvalue weighted by Gasteiger charge is 2.19. The molecule has 0 unspecified atom stereocenters. The summed E-state index contributed by atoms with van der Waals surface area (Å²) in [4.78, 5) is 9.38. The van der Waals surface area contributed by atoms with Crippen LogP contribution in [0.2, 0.25) is 0 Å². The number of benzene rings is 1. The molecular weight excluding hydrogens is 208 g/mol. The van der Waals surface area contributed by atoms with Crippen LogP contribution >= 0.6 is 0 Å². The van der Waals surface area contributed by atoms with Gasteiger partial charge in [-0.25, -0.2) is 4.39 Å². The molecule has 1 N–H and O–H groups in total. The molecule has 0 bridgehead atoms. The maximum atomic E-state index is 12.9. The van der Waals surface area contributed by atoms with Gasteiger partial charge in [-0.2, -0.15) is 4.39 Å². The van der Waals surface area contributed by atoms with Gasteiger partial charge in [0.1, 0.15) is 0 Å². The fourth-order valence-electron chi connectivity index (χ4n) is 1.19. The van der Waals surface area contributed by atoms with Crippen LogP contribution in [0.25, 0.3) is 0 Å². The van der Waals surface area contributed by atoms with Crippen molar-refractivity contribution in [3.05, 3.63) is 39.4 Å². The lowest BCUT2D eigenvalue weighted by Gasteiger charge is -2.01. The minimum absolute atomic E-state index is 0.104. The number of aliphatic hydroxyl groups excluding tert-OH is 1. The van der Waals surface area contributed by atoms with Crippen LogP contribution in [0.1, 0.15) is 12.0 Å². The Morgan fingerprint density at radius 3 is 2.60 bits per heavy atom. The highest BCUT2D eigenvalue weighted by atomic mass is 19.2. The molecule has 1 aromatic carbocycles. The van der Waals surface area contributed by atoms with Gasteiger partial charge in [-0.05, 0) is 24.5 Å². The van der Waals surface area contributed by atoms with Crippen molar-refractivity contribution in [1.82, 2.24) is 0 Å². The van der Waals surface area contributed by atoms with Crippen molar-refractivity contribution in [3.8, 4) is 0 Å². The summed E-state index contributed by atoms with van der Waals surface area (Å²) in [5.41, 5.74) is -0.572. The fourth-order valence-corrected chi connectivity index (χ4v) is 1.19. The highest BCUT2D eigenvalue weighted by Crippen LogP contribution is 2.22. The van der Waals surface area contributed by atoms with Gasteiger partial charge < -0.3 is 5.11 Å². The van der Waals surface area contributed by atoms with E-state index in [1.807, 2.05) is 0 Å². The molecule has 0 aliphatic carbocycles. The summed E-state index contributed by atoms with van der Waals surface area (Å²) in [5, 5.41) is 18.9. The number of aryl methyl sites for hydroxylation is 1. The van der Waals surface area contributed by atoms with Gasteiger partial charge in [0.15, 0.2) is 5.82 Å². The number of nitro groups is 1. The Bertz CT molecular complexity index is 382. The first kappa shape index (κ1) is 11.5. The normalized spacial score (nSPS) is 10.3. The van der Waals surface area contributed by atoms with Crippen molar-refractivity contribution in [2.75, 3.05) is 6.61 Å². The number of nitro benzene ring substituents is 1. The van der Waals surface area contributed by atoms with Crippen LogP contribution in [-0.4, -0.2) is 16.6 Å². The van der Waals surface area contributed by atoms with Crippen LogP contribution in [0.4, 0.5) is 14.5 Å². The van der Waals surface area contributed by atoms with Crippen molar-refractivity contribution in [2.45, 2.75) is 12.8 Å². The molecule has 0 amide bonds. The third-order valence-electron chi connectivity index (χ3n) is 1.89. The Kier molecular flexibility index (Phi) is 3.68. The molecule has 0 radical (unpaired) electrons. The van der Waals surface area contributed by atoms with Gasteiger partial charge in [-0.15, -0.1) is 0 Å². The van der Waals surface area contributed by atoms with Gasteiger partial charge in [0, 0.05) is 12.7 Å². The second-order valence-corrected chi connectivity index (χ2v) is 3.00. The molecular formula is C9H9F2NO3. The second kappa shape index (κ2) is 4.79. The minimum atomic E-state index is -1.45. The van der Waals surface area contributed by atoms with Crippen LogP contribution in [0.15, 0.2) is 12.1 Å². The molecule has 0 aliphatic heterocycles. The van der Waals surface area contributed by atoms with E-state index in [9.17, 15) is 18.9 Å². The summed E-state index contributed by atoms with van der Waals surface area (Å²) >= 11 is 0. The van der Waals surface area contributed by atoms with Gasteiger partial charge in [-0.1, -0.05) is 0 Å². The maximum absolute atomic E-state index is 12.9. The first-order valence-corrected chi connectivity index (χ1v) is 4.29. The predicted molar refractivity (Wildman–Crippen MR) is 48.4 cm³/mol. The van der Waals surface area contributed by atoms with Crippen molar-refractivity contribution in [3.63, 3.8) is 0 Å². The minimum Gasteiger partial charge on any atom is -0.396 e. The summed E-state index contributed by atoms with van der Waals surface area (Å²) in [6.07, 6.45) is 0.622. The standard InChI is InChI=1S/C9H9F2NO3/c10-7-4-6(2-1-3-13)5-8(9(7)11)12(14)15/h4-5,13H,1-3H2. The van der Waals surface area contributed by atoms with E-state index in [4.69, 9.17) is 5.11 Å². The lowest BCUT2D eigenvalue weighted by atomic mass is 10.1. The Morgan fingerprint density at radius 1 is 1.40 bits per heavy atom. The molecule has 0 atom stereocenters. The number of aliphatic hydroxyl groups is 1. The van der Waals surface area contributed by atoms with Crippen molar-refractivity contribution in [1.29, 1.82) is 0 Å². The zero-order chi connectivity index (χ0) is 11.4. The Hall–Kier alpha value is -1.56. The molecule has 82 valence electrons. The average Bonchev–Trinajstić information content (AvgIpc) is 2.19. The van der Waals surface area contributed by atoms with E-state index >= 15 is 0 Å². The molecule has 15 heavy (non-hydrogen) atoms. The topological polar surface area (TPSA) is 63.4 Å². The van der Waals surface area contributed by atoms with E-state index in [0.29, 0.717) is 12.0 Å². The molecule has 0 saturated heterocycles. The first-order valence-electron chi connectivity index (χ1n) is 4.29. The number of rotatable bonds is 4. The molecule has 0 aromatic heterocycles. The maximum Gasteiger partial charge on any atom is 0.308 e. The molecule has 0 saturated carbocycles.